The van der Waals surface area contributed by atoms with Crippen molar-refractivity contribution in [3.63, 3.8) is 0 Å². The van der Waals surface area contributed by atoms with E-state index >= 15 is 0 Å². The lowest BCUT2D eigenvalue weighted by atomic mass is 9.92. The normalized spacial score (nSPS) is 19.7. The lowest BCUT2D eigenvalue weighted by Gasteiger charge is -2.32. The predicted molar refractivity (Wildman–Crippen MR) is 109 cm³/mol. The van der Waals surface area contributed by atoms with Gasteiger partial charge in [0.05, 0.1) is 12.5 Å². The van der Waals surface area contributed by atoms with Crippen LogP contribution in [0.4, 0.5) is 0 Å². The molecule has 3 unspecified atom stereocenters. The number of carbonyl (C=O) groups is 2. The molecule has 3 atom stereocenters. The number of primary amides is 1. The summed E-state index contributed by atoms with van der Waals surface area (Å²) < 4.78 is 0. The molecule has 1 heterocycles. The van der Waals surface area contributed by atoms with Gasteiger partial charge < -0.3 is 16.0 Å². The number of benzene rings is 1. The largest absolute Gasteiger partial charge is 0.369 e. The summed E-state index contributed by atoms with van der Waals surface area (Å²) in [6.07, 6.45) is 2.75. The molecule has 2 amide bonds. The average Bonchev–Trinajstić information content (AvgIpc) is 2.67. The quantitative estimate of drug-likeness (QED) is 0.735. The molecule has 1 aromatic rings. The Labute approximate surface area is 163 Å². The van der Waals surface area contributed by atoms with Crippen LogP contribution in [0, 0.1) is 11.8 Å². The molecule has 1 aliphatic rings. The first-order valence-electron chi connectivity index (χ1n) is 10.2. The van der Waals surface area contributed by atoms with Crippen molar-refractivity contribution in [1.82, 2.24) is 10.2 Å². The zero-order valence-electron chi connectivity index (χ0n) is 17.2. The van der Waals surface area contributed by atoms with E-state index in [1.807, 2.05) is 0 Å². The van der Waals surface area contributed by atoms with Crippen LogP contribution < -0.4 is 11.1 Å². The van der Waals surface area contributed by atoms with E-state index in [9.17, 15) is 9.59 Å². The molecule has 1 aliphatic heterocycles. The van der Waals surface area contributed by atoms with Gasteiger partial charge in [-0.3, -0.25) is 9.59 Å². The van der Waals surface area contributed by atoms with E-state index in [0.29, 0.717) is 24.9 Å². The molecular formula is C22H35N3O2. The van der Waals surface area contributed by atoms with Gasteiger partial charge in [-0.2, -0.15) is 0 Å². The molecule has 0 bridgehead atoms. The fraction of sp³-hybridized carbons (Fsp3) is 0.636. The van der Waals surface area contributed by atoms with Crippen molar-refractivity contribution in [1.29, 1.82) is 0 Å². The van der Waals surface area contributed by atoms with Crippen LogP contribution >= 0.6 is 0 Å². The summed E-state index contributed by atoms with van der Waals surface area (Å²) in [5, 5.41) is 3.43. The van der Waals surface area contributed by atoms with Gasteiger partial charge in [0.2, 0.25) is 11.8 Å². The molecule has 5 nitrogen and oxygen atoms in total. The highest BCUT2D eigenvalue weighted by Crippen LogP contribution is 2.25. The van der Waals surface area contributed by atoms with Gasteiger partial charge in [-0.15, -0.1) is 0 Å². The number of rotatable bonds is 8. The molecule has 0 spiro atoms. The minimum absolute atomic E-state index is 0.0443. The molecule has 3 N–H and O–H groups in total. The van der Waals surface area contributed by atoms with E-state index in [2.05, 4.69) is 57.3 Å². The van der Waals surface area contributed by atoms with Crippen molar-refractivity contribution in [2.75, 3.05) is 19.6 Å². The van der Waals surface area contributed by atoms with Gasteiger partial charge in [0.15, 0.2) is 0 Å². The summed E-state index contributed by atoms with van der Waals surface area (Å²) >= 11 is 0. The fourth-order valence-electron chi connectivity index (χ4n) is 3.75. The first-order valence-corrected chi connectivity index (χ1v) is 10.2. The summed E-state index contributed by atoms with van der Waals surface area (Å²) in [6, 6.07) is 8.87. The van der Waals surface area contributed by atoms with Crippen LogP contribution in [0.25, 0.3) is 0 Å². The lowest BCUT2D eigenvalue weighted by molar-refractivity contribution is -0.134. The molecule has 2 rings (SSSR count). The average molecular weight is 374 g/mol. The summed E-state index contributed by atoms with van der Waals surface area (Å²) in [5.74, 6) is 0.455. The van der Waals surface area contributed by atoms with E-state index in [1.54, 1.807) is 4.90 Å². The van der Waals surface area contributed by atoms with Crippen LogP contribution in [-0.2, 0) is 9.59 Å². The monoisotopic (exact) mass is 373 g/mol. The third-order valence-electron chi connectivity index (χ3n) is 5.79. The maximum atomic E-state index is 12.6. The van der Waals surface area contributed by atoms with Crippen LogP contribution in [-0.4, -0.2) is 36.3 Å². The standard InChI is InChI=1S/C22H35N3O2/c1-5-16(4)17-8-10-18(11-9-17)21(15(2)3)24-13-20(26)25-12-6-7-19(14-25)22(23)27/h8-11,15-16,19,21,24H,5-7,12-14H2,1-4H3,(H2,23,27). The Morgan fingerprint density at radius 3 is 2.37 bits per heavy atom. The minimum Gasteiger partial charge on any atom is -0.369 e. The Bertz CT molecular complexity index is 627. The molecule has 0 radical (unpaired) electrons. The highest BCUT2D eigenvalue weighted by molar-refractivity contribution is 5.81. The Hall–Kier alpha value is -1.88. The number of hydrogen-bond donors (Lipinski definition) is 2. The fourth-order valence-corrected chi connectivity index (χ4v) is 3.75. The highest BCUT2D eigenvalue weighted by Gasteiger charge is 2.27. The molecule has 5 heteroatoms. The second kappa shape index (κ2) is 9.88. The van der Waals surface area contributed by atoms with E-state index in [-0.39, 0.29) is 30.3 Å². The van der Waals surface area contributed by atoms with E-state index in [1.165, 1.54) is 11.1 Å². The zero-order chi connectivity index (χ0) is 20.0. The molecule has 0 saturated carbocycles. The summed E-state index contributed by atoms with van der Waals surface area (Å²) in [5.41, 5.74) is 7.98. The summed E-state index contributed by atoms with van der Waals surface area (Å²) in [6.45, 7) is 10.2. The molecule has 0 aromatic heterocycles. The number of nitrogens with two attached hydrogens (primary N) is 1. The van der Waals surface area contributed by atoms with Crippen molar-refractivity contribution in [3.8, 4) is 0 Å². The van der Waals surface area contributed by atoms with Crippen molar-refractivity contribution in [2.24, 2.45) is 17.6 Å². The second-order valence-electron chi connectivity index (χ2n) is 8.16. The Kier molecular flexibility index (Phi) is 7.84. The third-order valence-corrected chi connectivity index (χ3v) is 5.79. The van der Waals surface area contributed by atoms with Gasteiger partial charge in [-0.1, -0.05) is 52.0 Å². The van der Waals surface area contributed by atoms with Crippen LogP contribution in [0.3, 0.4) is 0 Å². The van der Waals surface area contributed by atoms with Crippen molar-refractivity contribution < 1.29 is 9.59 Å². The maximum absolute atomic E-state index is 12.6. The van der Waals surface area contributed by atoms with Crippen molar-refractivity contribution in [3.05, 3.63) is 35.4 Å². The molecule has 1 saturated heterocycles. The molecule has 1 aromatic carbocycles. The van der Waals surface area contributed by atoms with Crippen LogP contribution in [0.5, 0.6) is 0 Å². The zero-order valence-corrected chi connectivity index (χ0v) is 17.2. The lowest BCUT2D eigenvalue weighted by Crippen LogP contribution is -2.47. The minimum atomic E-state index is -0.304. The number of nitrogens with one attached hydrogen (secondary N) is 1. The molecule has 150 valence electrons. The Balaban J connectivity index is 1.98. The first kappa shape index (κ1) is 21.4. The predicted octanol–water partition coefficient (Wildman–Crippen LogP) is 3.21. The van der Waals surface area contributed by atoms with Gasteiger partial charge >= 0.3 is 0 Å². The van der Waals surface area contributed by atoms with Gasteiger partial charge in [0.1, 0.15) is 0 Å². The van der Waals surface area contributed by atoms with Crippen LogP contribution in [0.2, 0.25) is 0 Å². The number of amides is 2. The van der Waals surface area contributed by atoms with E-state index in [4.69, 9.17) is 5.73 Å². The van der Waals surface area contributed by atoms with Gasteiger partial charge in [0, 0.05) is 19.1 Å². The number of carbonyl (C=O) groups excluding carboxylic acids is 2. The SMILES string of the molecule is CCC(C)c1ccc(C(NCC(=O)N2CCCC(C(N)=O)C2)C(C)C)cc1. The number of piperidine rings is 1. The van der Waals surface area contributed by atoms with E-state index < -0.39 is 0 Å². The smallest absolute Gasteiger partial charge is 0.236 e. The summed E-state index contributed by atoms with van der Waals surface area (Å²) in [7, 11) is 0. The third kappa shape index (κ3) is 5.80. The van der Waals surface area contributed by atoms with Crippen LogP contribution in [0.15, 0.2) is 24.3 Å². The molecule has 27 heavy (non-hydrogen) atoms. The number of likely N-dealkylation sites (tertiary alicyclic amines) is 1. The molecular weight excluding hydrogens is 338 g/mol. The van der Waals surface area contributed by atoms with E-state index in [0.717, 1.165) is 19.3 Å². The second-order valence-corrected chi connectivity index (χ2v) is 8.16. The van der Waals surface area contributed by atoms with Crippen molar-refractivity contribution in [2.45, 2.75) is 58.9 Å². The summed E-state index contributed by atoms with van der Waals surface area (Å²) in [4.78, 5) is 25.8. The highest BCUT2D eigenvalue weighted by atomic mass is 16.2. The Morgan fingerprint density at radius 2 is 1.81 bits per heavy atom. The number of hydrogen-bond acceptors (Lipinski definition) is 3. The number of nitrogens with zero attached hydrogens (tertiary/aromatic N) is 1. The van der Waals surface area contributed by atoms with Gasteiger partial charge in [-0.05, 0) is 42.2 Å². The van der Waals surface area contributed by atoms with Gasteiger partial charge in [0.25, 0.3) is 0 Å². The molecule has 0 aliphatic carbocycles. The van der Waals surface area contributed by atoms with Crippen molar-refractivity contribution >= 4 is 11.8 Å². The molecule has 1 fully saturated rings. The van der Waals surface area contributed by atoms with Gasteiger partial charge in [-0.25, -0.2) is 0 Å². The van der Waals surface area contributed by atoms with Crippen LogP contribution in [0.1, 0.15) is 70.0 Å². The Morgan fingerprint density at radius 1 is 1.19 bits per heavy atom. The maximum Gasteiger partial charge on any atom is 0.236 e. The topological polar surface area (TPSA) is 75.4 Å². The first-order chi connectivity index (χ1) is 12.8.